The molecule has 4 aliphatic carbocycles. The fraction of sp³-hybridized carbons (Fsp3) is 0.973. The Labute approximate surface area is 262 Å². The molecule has 1 amide bonds. The number of ether oxygens (including phenoxy) is 2. The Kier molecular flexibility index (Phi) is 8.52. The van der Waals surface area contributed by atoms with Gasteiger partial charge in [0.15, 0.2) is 5.79 Å². The number of nitrogens with zero attached hydrogens (tertiary/aromatic N) is 2. The third-order valence-electron chi connectivity index (χ3n) is 15.2. The molecule has 0 aromatic rings. The van der Waals surface area contributed by atoms with Crippen molar-refractivity contribution in [2.45, 2.75) is 117 Å². The van der Waals surface area contributed by atoms with Crippen LogP contribution in [0, 0.1) is 58.2 Å². The van der Waals surface area contributed by atoms with E-state index in [0.29, 0.717) is 41.1 Å². The maximum Gasteiger partial charge on any atom is 0.221 e. The number of nitrogens with one attached hydrogen (secondary N) is 1. The zero-order valence-corrected chi connectivity index (χ0v) is 28.3. The van der Waals surface area contributed by atoms with Crippen LogP contribution in [0.5, 0.6) is 0 Å². The van der Waals surface area contributed by atoms with Crippen LogP contribution in [0.1, 0.15) is 105 Å². The van der Waals surface area contributed by atoms with E-state index in [-0.39, 0.29) is 11.7 Å². The highest BCUT2D eigenvalue weighted by molar-refractivity contribution is 5.76. The predicted octanol–water partition coefficient (Wildman–Crippen LogP) is 6.19. The van der Waals surface area contributed by atoms with Crippen molar-refractivity contribution in [2.24, 2.45) is 58.2 Å². The Morgan fingerprint density at radius 1 is 0.907 bits per heavy atom. The molecule has 0 bridgehead atoms. The Balaban J connectivity index is 0.910. The summed E-state index contributed by atoms with van der Waals surface area (Å²) < 4.78 is 13.6. The quantitative estimate of drug-likeness (QED) is 0.396. The van der Waals surface area contributed by atoms with Gasteiger partial charge in [-0.25, -0.2) is 0 Å². The number of fused-ring (bicyclic) bond motifs is 7. The highest BCUT2D eigenvalue weighted by Gasteiger charge is 2.69. The van der Waals surface area contributed by atoms with E-state index in [4.69, 9.17) is 9.47 Å². The fourth-order valence-electron chi connectivity index (χ4n) is 12.5. The lowest BCUT2D eigenvalue weighted by Crippen LogP contribution is -2.54. The molecule has 3 aliphatic heterocycles. The second-order valence-corrected chi connectivity index (χ2v) is 17.3. The average molecular weight is 598 g/mol. The van der Waals surface area contributed by atoms with Gasteiger partial charge in [-0.2, -0.15) is 0 Å². The van der Waals surface area contributed by atoms with Gasteiger partial charge in [0.2, 0.25) is 5.91 Å². The molecule has 6 nitrogen and oxygen atoms in total. The van der Waals surface area contributed by atoms with Gasteiger partial charge in [0.1, 0.15) is 0 Å². The van der Waals surface area contributed by atoms with Crippen LogP contribution in [0.15, 0.2) is 0 Å². The molecule has 0 radical (unpaired) electrons. The maximum absolute atomic E-state index is 12.6. The Morgan fingerprint density at radius 2 is 1.70 bits per heavy atom. The molecule has 6 heteroatoms. The smallest absolute Gasteiger partial charge is 0.221 e. The number of hydrogen-bond donors (Lipinski definition) is 1. The standard InChI is InChI=1S/C37H63N3O3/c1-25-8-15-37(42-24-25)26(2)34-32(43-37)23-31-29-7-6-28-22-27(9-13-35(28,3)30(29)10-14-36(31,34)4)11-16-38-33(41)12-17-40-20-18-39(5)19-21-40/h25-32,34H,6-24H2,1-5H3,(H,38,41)/t25-,26-,27?,28+,29+,30-,31-,32-,34-,35-,36-,37+/m0/s1. The Bertz CT molecular complexity index is 1010. The molecule has 12 atom stereocenters. The normalized spacial score (nSPS) is 50.1. The van der Waals surface area contributed by atoms with E-state index in [1.807, 2.05) is 0 Å². The van der Waals surface area contributed by atoms with Gasteiger partial charge < -0.3 is 24.6 Å². The van der Waals surface area contributed by atoms with Crippen LogP contribution in [0.2, 0.25) is 0 Å². The summed E-state index contributed by atoms with van der Waals surface area (Å²) in [7, 11) is 2.19. The van der Waals surface area contributed by atoms with E-state index in [9.17, 15) is 4.79 Å². The van der Waals surface area contributed by atoms with Crippen molar-refractivity contribution < 1.29 is 14.3 Å². The van der Waals surface area contributed by atoms with Gasteiger partial charge in [0.05, 0.1) is 12.7 Å². The minimum absolute atomic E-state index is 0.250. The topological polar surface area (TPSA) is 54.0 Å². The van der Waals surface area contributed by atoms with Gasteiger partial charge in [0.25, 0.3) is 0 Å². The highest BCUT2D eigenvalue weighted by Crippen LogP contribution is 2.71. The van der Waals surface area contributed by atoms with Gasteiger partial charge in [-0.3, -0.25) is 4.79 Å². The van der Waals surface area contributed by atoms with Crippen LogP contribution < -0.4 is 5.32 Å². The number of hydrogen-bond acceptors (Lipinski definition) is 5. The van der Waals surface area contributed by atoms with Crippen LogP contribution in [-0.2, 0) is 14.3 Å². The minimum Gasteiger partial charge on any atom is -0.356 e. The van der Waals surface area contributed by atoms with E-state index < -0.39 is 0 Å². The SMILES string of the molecule is C[C@H]1CC[C@@]2(OC1)O[C@H]1C[C@H]3[C@@H]4CC[C@@H]5CC(CCNC(=O)CCN6CCN(C)CC6)CC[C@]5(C)[C@H]4CC[C@]3(C)[C@H]1[C@@H]2C. The summed E-state index contributed by atoms with van der Waals surface area (Å²) in [5, 5.41) is 3.28. The first-order valence-electron chi connectivity index (χ1n) is 18.6. The molecular formula is C37H63N3O3. The molecule has 43 heavy (non-hydrogen) atoms. The second-order valence-electron chi connectivity index (χ2n) is 17.3. The molecule has 3 saturated heterocycles. The van der Waals surface area contributed by atoms with E-state index in [2.05, 4.69) is 49.9 Å². The van der Waals surface area contributed by atoms with Crippen molar-refractivity contribution >= 4 is 5.91 Å². The van der Waals surface area contributed by atoms with Crippen LogP contribution in [-0.4, -0.2) is 80.5 Å². The maximum atomic E-state index is 12.6. The third-order valence-corrected chi connectivity index (χ3v) is 15.2. The van der Waals surface area contributed by atoms with Crippen LogP contribution in [0.25, 0.3) is 0 Å². The summed E-state index contributed by atoms with van der Waals surface area (Å²) in [5.41, 5.74) is 0.935. The van der Waals surface area contributed by atoms with Gasteiger partial charge in [0, 0.05) is 58.0 Å². The molecule has 7 fully saturated rings. The molecule has 1 unspecified atom stereocenters. The first-order valence-corrected chi connectivity index (χ1v) is 18.6. The van der Waals surface area contributed by atoms with E-state index >= 15 is 0 Å². The van der Waals surface area contributed by atoms with Crippen LogP contribution in [0.3, 0.4) is 0 Å². The van der Waals surface area contributed by atoms with E-state index in [1.165, 1.54) is 64.2 Å². The number of rotatable bonds is 6. The molecule has 7 rings (SSSR count). The summed E-state index contributed by atoms with van der Waals surface area (Å²) >= 11 is 0. The van der Waals surface area contributed by atoms with E-state index in [1.54, 1.807) is 0 Å². The van der Waals surface area contributed by atoms with Gasteiger partial charge in [-0.1, -0.05) is 27.7 Å². The lowest BCUT2D eigenvalue weighted by Gasteiger charge is -2.61. The largest absolute Gasteiger partial charge is 0.356 e. The van der Waals surface area contributed by atoms with Gasteiger partial charge in [-0.05, 0) is 124 Å². The van der Waals surface area contributed by atoms with Crippen molar-refractivity contribution in [2.75, 3.05) is 52.9 Å². The molecule has 0 aromatic carbocycles. The second kappa shape index (κ2) is 11.8. The zero-order chi connectivity index (χ0) is 30.0. The summed E-state index contributed by atoms with van der Waals surface area (Å²) in [5.74, 6) is 6.10. The lowest BCUT2D eigenvalue weighted by molar-refractivity contribution is -0.273. The third kappa shape index (κ3) is 5.44. The lowest BCUT2D eigenvalue weighted by atomic mass is 9.44. The summed E-state index contributed by atoms with van der Waals surface area (Å²) in [6, 6.07) is 0. The molecule has 244 valence electrons. The molecule has 0 aromatic heterocycles. The van der Waals surface area contributed by atoms with Crippen molar-refractivity contribution in [3.05, 3.63) is 0 Å². The van der Waals surface area contributed by atoms with Crippen molar-refractivity contribution in [1.29, 1.82) is 0 Å². The van der Waals surface area contributed by atoms with Gasteiger partial charge >= 0.3 is 0 Å². The molecule has 1 spiro atoms. The summed E-state index contributed by atoms with van der Waals surface area (Å²) in [4.78, 5) is 17.4. The molecule has 3 heterocycles. The molecule has 7 aliphatic rings. The number of likely N-dealkylation sites (N-methyl/N-ethyl adjacent to an activating group) is 1. The first-order chi connectivity index (χ1) is 20.6. The Hall–Kier alpha value is -0.690. The van der Waals surface area contributed by atoms with Crippen molar-refractivity contribution in [1.82, 2.24) is 15.1 Å². The van der Waals surface area contributed by atoms with Crippen molar-refractivity contribution in [3.8, 4) is 0 Å². The minimum atomic E-state index is -0.293. The number of amides is 1. The van der Waals surface area contributed by atoms with E-state index in [0.717, 1.165) is 81.9 Å². The number of carbonyl (C=O) groups is 1. The van der Waals surface area contributed by atoms with Crippen LogP contribution >= 0.6 is 0 Å². The van der Waals surface area contributed by atoms with Gasteiger partial charge in [-0.15, -0.1) is 0 Å². The highest BCUT2D eigenvalue weighted by atomic mass is 16.7. The molecule has 1 N–H and O–H groups in total. The summed E-state index contributed by atoms with van der Waals surface area (Å²) in [6.07, 6.45) is 15.7. The average Bonchev–Trinajstić information content (AvgIpc) is 3.44. The molecule has 4 saturated carbocycles. The Morgan fingerprint density at radius 3 is 2.47 bits per heavy atom. The monoisotopic (exact) mass is 597 g/mol. The number of piperazine rings is 1. The zero-order valence-electron chi connectivity index (χ0n) is 28.3. The first kappa shape index (κ1) is 30.9. The summed E-state index contributed by atoms with van der Waals surface area (Å²) in [6.45, 7) is 17.3. The molecular weight excluding hydrogens is 534 g/mol. The predicted molar refractivity (Wildman–Crippen MR) is 171 cm³/mol. The fourth-order valence-corrected chi connectivity index (χ4v) is 12.5. The van der Waals surface area contributed by atoms with Crippen LogP contribution in [0.4, 0.5) is 0 Å². The van der Waals surface area contributed by atoms with Crippen molar-refractivity contribution in [3.63, 3.8) is 0 Å². The number of carbonyl (C=O) groups excluding carboxylic acids is 1.